The minimum absolute atomic E-state index is 0.00825. The van der Waals surface area contributed by atoms with E-state index in [2.05, 4.69) is 16.7 Å². The van der Waals surface area contributed by atoms with Crippen LogP contribution in [0.2, 0.25) is 0 Å². The maximum atomic E-state index is 12.9. The molecule has 4 amide bonds. The van der Waals surface area contributed by atoms with Crippen LogP contribution in [0.5, 0.6) is 0 Å². The standard InChI is InChI=1S/C21H30N4O5/c1-14-8-4-7-11-21(14)18(28)25(19(29)24-21)12-16(26)30-15(2)17(27)23-20(13-22)9-5-3-6-10-20/h14-15H,3-12H2,1-2H3,(H,23,27)(H,24,29)/t14-,15+,21+/m1/s1. The van der Waals surface area contributed by atoms with Crippen molar-refractivity contribution in [3.8, 4) is 6.07 Å². The number of carbonyl (C=O) groups is 4. The number of hydrogen-bond acceptors (Lipinski definition) is 6. The van der Waals surface area contributed by atoms with Crippen molar-refractivity contribution in [3.05, 3.63) is 0 Å². The zero-order valence-corrected chi connectivity index (χ0v) is 17.7. The predicted molar refractivity (Wildman–Crippen MR) is 106 cm³/mol. The molecule has 2 N–H and O–H groups in total. The van der Waals surface area contributed by atoms with Gasteiger partial charge in [0.1, 0.15) is 17.6 Å². The average molecular weight is 418 g/mol. The molecule has 3 fully saturated rings. The first-order chi connectivity index (χ1) is 14.2. The van der Waals surface area contributed by atoms with Crippen molar-refractivity contribution in [2.75, 3.05) is 6.54 Å². The summed E-state index contributed by atoms with van der Waals surface area (Å²) in [6.45, 7) is 2.81. The molecule has 3 aliphatic rings. The maximum Gasteiger partial charge on any atom is 0.327 e. The molecule has 0 bridgehead atoms. The van der Waals surface area contributed by atoms with Gasteiger partial charge < -0.3 is 15.4 Å². The number of ether oxygens (including phenoxy) is 1. The Morgan fingerprint density at radius 2 is 1.90 bits per heavy atom. The zero-order valence-electron chi connectivity index (χ0n) is 17.7. The minimum atomic E-state index is -1.13. The van der Waals surface area contributed by atoms with Gasteiger partial charge in [0.05, 0.1) is 6.07 Å². The van der Waals surface area contributed by atoms with Crippen molar-refractivity contribution >= 4 is 23.8 Å². The molecule has 1 saturated heterocycles. The van der Waals surface area contributed by atoms with Gasteiger partial charge in [-0.15, -0.1) is 0 Å². The summed E-state index contributed by atoms with van der Waals surface area (Å²) in [5.74, 6) is -1.80. The Hall–Kier alpha value is -2.63. The van der Waals surface area contributed by atoms with Gasteiger partial charge in [0.15, 0.2) is 6.10 Å². The van der Waals surface area contributed by atoms with Crippen LogP contribution in [0.25, 0.3) is 0 Å². The number of nitrogens with one attached hydrogen (secondary N) is 2. The third-order valence-electron chi connectivity index (χ3n) is 6.75. The lowest BCUT2D eigenvalue weighted by atomic mass is 9.73. The summed E-state index contributed by atoms with van der Waals surface area (Å²) in [4.78, 5) is 51.0. The average Bonchev–Trinajstić information content (AvgIpc) is 2.95. The molecule has 1 aliphatic heterocycles. The molecular formula is C21H30N4O5. The minimum Gasteiger partial charge on any atom is -0.451 e. The van der Waals surface area contributed by atoms with Crippen LogP contribution in [-0.2, 0) is 19.1 Å². The topological polar surface area (TPSA) is 129 Å². The van der Waals surface area contributed by atoms with E-state index in [0.717, 1.165) is 43.4 Å². The smallest absolute Gasteiger partial charge is 0.327 e. The van der Waals surface area contributed by atoms with Crippen LogP contribution in [0.15, 0.2) is 0 Å². The van der Waals surface area contributed by atoms with Crippen LogP contribution >= 0.6 is 0 Å². The SMILES string of the molecule is C[C@H](OC(=O)CN1C(=O)N[C@]2(CCCC[C@H]2C)C1=O)C(=O)NC1(C#N)CCCCC1. The van der Waals surface area contributed by atoms with Crippen LogP contribution in [0.1, 0.15) is 71.6 Å². The van der Waals surface area contributed by atoms with Gasteiger partial charge in [0.25, 0.3) is 11.8 Å². The van der Waals surface area contributed by atoms with Crippen molar-refractivity contribution < 1.29 is 23.9 Å². The van der Waals surface area contributed by atoms with Crippen molar-refractivity contribution in [2.24, 2.45) is 5.92 Å². The summed E-state index contributed by atoms with van der Waals surface area (Å²) in [7, 11) is 0. The van der Waals surface area contributed by atoms with E-state index in [1.54, 1.807) is 0 Å². The molecule has 1 heterocycles. The van der Waals surface area contributed by atoms with Crippen LogP contribution in [0.3, 0.4) is 0 Å². The molecular weight excluding hydrogens is 388 g/mol. The Labute approximate surface area is 176 Å². The number of urea groups is 1. The summed E-state index contributed by atoms with van der Waals surface area (Å²) in [6.07, 6.45) is 5.97. The quantitative estimate of drug-likeness (QED) is 0.517. The molecule has 2 aliphatic carbocycles. The van der Waals surface area contributed by atoms with Gasteiger partial charge in [-0.1, -0.05) is 39.0 Å². The number of hydrogen-bond donors (Lipinski definition) is 2. The fourth-order valence-electron chi connectivity index (χ4n) is 4.81. The lowest BCUT2D eigenvalue weighted by molar-refractivity contribution is -0.157. The third-order valence-corrected chi connectivity index (χ3v) is 6.75. The number of imide groups is 1. The van der Waals surface area contributed by atoms with E-state index in [-0.39, 0.29) is 5.92 Å². The first kappa shape index (κ1) is 22.1. The summed E-state index contributed by atoms with van der Waals surface area (Å²) in [5, 5.41) is 15.0. The first-order valence-electron chi connectivity index (χ1n) is 10.8. The molecule has 0 radical (unpaired) electrons. The molecule has 9 heteroatoms. The van der Waals surface area contributed by atoms with Crippen molar-refractivity contribution in [2.45, 2.75) is 88.8 Å². The van der Waals surface area contributed by atoms with E-state index < -0.39 is 47.5 Å². The molecule has 0 aromatic heterocycles. The Morgan fingerprint density at radius 3 is 2.53 bits per heavy atom. The highest BCUT2D eigenvalue weighted by atomic mass is 16.5. The Morgan fingerprint density at radius 1 is 1.23 bits per heavy atom. The zero-order chi connectivity index (χ0) is 21.9. The van der Waals surface area contributed by atoms with Gasteiger partial charge in [-0.3, -0.25) is 19.3 Å². The monoisotopic (exact) mass is 418 g/mol. The van der Waals surface area contributed by atoms with E-state index in [1.165, 1.54) is 6.92 Å². The van der Waals surface area contributed by atoms with Crippen LogP contribution in [0, 0.1) is 17.2 Å². The number of rotatable bonds is 5. The van der Waals surface area contributed by atoms with Gasteiger partial charge in [0.2, 0.25) is 0 Å². The highest BCUT2D eigenvalue weighted by molar-refractivity contribution is 6.09. The third kappa shape index (κ3) is 4.13. The van der Waals surface area contributed by atoms with Gasteiger partial charge in [0, 0.05) is 0 Å². The highest BCUT2D eigenvalue weighted by Gasteiger charge is 2.55. The largest absolute Gasteiger partial charge is 0.451 e. The molecule has 30 heavy (non-hydrogen) atoms. The van der Waals surface area contributed by atoms with Gasteiger partial charge in [-0.05, 0) is 38.5 Å². The molecule has 0 aromatic carbocycles. The van der Waals surface area contributed by atoms with Crippen LogP contribution in [-0.4, -0.2) is 52.4 Å². The van der Waals surface area contributed by atoms with E-state index in [9.17, 15) is 24.4 Å². The predicted octanol–water partition coefficient (Wildman–Crippen LogP) is 1.76. The molecule has 0 unspecified atom stereocenters. The van der Waals surface area contributed by atoms with E-state index in [4.69, 9.17) is 4.74 Å². The molecule has 0 aromatic rings. The normalized spacial score (nSPS) is 29.1. The Balaban J connectivity index is 1.57. The second kappa shape index (κ2) is 8.62. The van der Waals surface area contributed by atoms with Gasteiger partial charge in [-0.2, -0.15) is 5.26 Å². The van der Waals surface area contributed by atoms with Crippen molar-refractivity contribution in [1.29, 1.82) is 5.26 Å². The van der Waals surface area contributed by atoms with Crippen LogP contribution < -0.4 is 10.6 Å². The summed E-state index contributed by atoms with van der Waals surface area (Å²) in [5.41, 5.74) is -1.87. The fourth-order valence-corrected chi connectivity index (χ4v) is 4.81. The molecule has 1 spiro atoms. The molecule has 164 valence electrons. The lowest BCUT2D eigenvalue weighted by Gasteiger charge is -2.36. The first-order valence-corrected chi connectivity index (χ1v) is 10.8. The second-order valence-corrected chi connectivity index (χ2v) is 8.82. The number of nitriles is 1. The van der Waals surface area contributed by atoms with E-state index >= 15 is 0 Å². The van der Waals surface area contributed by atoms with Gasteiger partial charge in [-0.25, -0.2) is 4.79 Å². The Kier molecular flexibility index (Phi) is 6.34. The number of amides is 4. The second-order valence-electron chi connectivity index (χ2n) is 8.82. The summed E-state index contributed by atoms with van der Waals surface area (Å²) < 4.78 is 5.17. The number of esters is 1. The van der Waals surface area contributed by atoms with Gasteiger partial charge >= 0.3 is 12.0 Å². The number of carbonyl (C=O) groups excluding carboxylic acids is 4. The maximum absolute atomic E-state index is 12.9. The lowest BCUT2D eigenvalue weighted by Crippen LogP contribution is -2.54. The molecule has 3 atom stereocenters. The van der Waals surface area contributed by atoms with E-state index in [1.807, 2.05) is 6.92 Å². The molecule has 9 nitrogen and oxygen atoms in total. The summed E-state index contributed by atoms with van der Waals surface area (Å²) >= 11 is 0. The molecule has 3 rings (SSSR count). The van der Waals surface area contributed by atoms with Crippen molar-refractivity contribution in [1.82, 2.24) is 15.5 Å². The van der Waals surface area contributed by atoms with Crippen LogP contribution in [0.4, 0.5) is 4.79 Å². The van der Waals surface area contributed by atoms with Crippen molar-refractivity contribution in [3.63, 3.8) is 0 Å². The molecule has 2 saturated carbocycles. The number of nitrogens with zero attached hydrogens (tertiary/aromatic N) is 2. The Bertz CT molecular complexity index is 770. The fraction of sp³-hybridized carbons (Fsp3) is 0.762. The highest BCUT2D eigenvalue weighted by Crippen LogP contribution is 2.38. The van der Waals surface area contributed by atoms with E-state index in [0.29, 0.717) is 19.3 Å². The summed E-state index contributed by atoms with van der Waals surface area (Å²) in [6, 6.07) is 1.58.